The second kappa shape index (κ2) is 8.57. The Kier molecular flexibility index (Phi) is 6.19. The SMILES string of the molecule is COc1ccc(NC(N)=NCCc2ccc(NC(C)=O)cc2)cc1. The van der Waals surface area contributed by atoms with E-state index in [1.54, 1.807) is 7.11 Å². The van der Waals surface area contributed by atoms with Crippen molar-refractivity contribution in [2.45, 2.75) is 13.3 Å². The van der Waals surface area contributed by atoms with E-state index in [-0.39, 0.29) is 5.91 Å². The lowest BCUT2D eigenvalue weighted by atomic mass is 10.1. The van der Waals surface area contributed by atoms with Gasteiger partial charge in [0.1, 0.15) is 5.75 Å². The molecule has 0 spiro atoms. The molecule has 6 nitrogen and oxygen atoms in total. The van der Waals surface area contributed by atoms with Gasteiger partial charge < -0.3 is 21.1 Å². The first-order valence-corrected chi connectivity index (χ1v) is 7.64. The van der Waals surface area contributed by atoms with Crippen LogP contribution in [0.4, 0.5) is 11.4 Å². The Morgan fingerprint density at radius 1 is 1.04 bits per heavy atom. The minimum Gasteiger partial charge on any atom is -0.497 e. The summed E-state index contributed by atoms with van der Waals surface area (Å²) in [5.74, 6) is 1.08. The molecular formula is C18H22N4O2. The highest BCUT2D eigenvalue weighted by atomic mass is 16.5. The van der Waals surface area contributed by atoms with Crippen LogP contribution in [0.1, 0.15) is 12.5 Å². The van der Waals surface area contributed by atoms with Gasteiger partial charge in [-0.1, -0.05) is 12.1 Å². The average Bonchev–Trinajstić information content (AvgIpc) is 2.57. The van der Waals surface area contributed by atoms with E-state index in [4.69, 9.17) is 10.5 Å². The second-order valence-corrected chi connectivity index (χ2v) is 5.25. The van der Waals surface area contributed by atoms with Crippen molar-refractivity contribution in [1.82, 2.24) is 0 Å². The van der Waals surface area contributed by atoms with E-state index in [0.29, 0.717) is 12.5 Å². The predicted molar refractivity (Wildman–Crippen MR) is 97.6 cm³/mol. The van der Waals surface area contributed by atoms with Gasteiger partial charge in [0.15, 0.2) is 5.96 Å². The number of carbonyl (C=O) groups excluding carboxylic acids is 1. The molecular weight excluding hydrogens is 304 g/mol. The lowest BCUT2D eigenvalue weighted by molar-refractivity contribution is -0.114. The Bertz CT molecular complexity index is 694. The molecule has 0 radical (unpaired) electrons. The fourth-order valence-electron chi connectivity index (χ4n) is 2.13. The standard InChI is InChI=1S/C18H22N4O2/c1-13(23)21-15-5-3-14(4-6-15)11-12-20-18(19)22-16-7-9-17(24-2)10-8-16/h3-10H,11-12H2,1-2H3,(H,21,23)(H3,19,20,22). The van der Waals surface area contributed by atoms with E-state index in [9.17, 15) is 4.79 Å². The van der Waals surface area contributed by atoms with Crippen LogP contribution in [0.3, 0.4) is 0 Å². The van der Waals surface area contributed by atoms with Crippen LogP contribution in [-0.2, 0) is 11.2 Å². The smallest absolute Gasteiger partial charge is 0.221 e. The van der Waals surface area contributed by atoms with E-state index in [1.165, 1.54) is 6.92 Å². The third kappa shape index (κ3) is 5.64. The van der Waals surface area contributed by atoms with Crippen molar-refractivity contribution < 1.29 is 9.53 Å². The van der Waals surface area contributed by atoms with E-state index in [1.807, 2.05) is 48.5 Å². The third-order valence-corrected chi connectivity index (χ3v) is 3.32. The van der Waals surface area contributed by atoms with Gasteiger partial charge in [-0.05, 0) is 48.4 Å². The van der Waals surface area contributed by atoms with Crippen LogP contribution in [0.2, 0.25) is 0 Å². The van der Waals surface area contributed by atoms with Gasteiger partial charge in [-0.25, -0.2) is 0 Å². The lowest BCUT2D eigenvalue weighted by Crippen LogP contribution is -2.23. The Balaban J connectivity index is 1.82. The molecule has 2 aromatic rings. The van der Waals surface area contributed by atoms with Gasteiger partial charge in [0.25, 0.3) is 0 Å². The number of carbonyl (C=O) groups is 1. The number of aliphatic imine (C=N–C) groups is 1. The largest absolute Gasteiger partial charge is 0.497 e. The van der Waals surface area contributed by atoms with Crippen molar-refractivity contribution in [2.75, 3.05) is 24.3 Å². The number of nitrogens with one attached hydrogen (secondary N) is 2. The summed E-state index contributed by atoms with van der Waals surface area (Å²) in [7, 11) is 1.63. The molecule has 0 heterocycles. The molecule has 0 aliphatic heterocycles. The van der Waals surface area contributed by atoms with Crippen LogP contribution in [0.25, 0.3) is 0 Å². The molecule has 0 atom stereocenters. The van der Waals surface area contributed by atoms with Crippen LogP contribution in [-0.4, -0.2) is 25.5 Å². The van der Waals surface area contributed by atoms with Crippen molar-refractivity contribution in [3.63, 3.8) is 0 Å². The summed E-state index contributed by atoms with van der Waals surface area (Å²) in [4.78, 5) is 15.3. The van der Waals surface area contributed by atoms with Gasteiger partial charge >= 0.3 is 0 Å². The number of methoxy groups -OCH3 is 1. The monoisotopic (exact) mass is 326 g/mol. The zero-order valence-electron chi connectivity index (χ0n) is 13.9. The molecule has 4 N–H and O–H groups in total. The Morgan fingerprint density at radius 3 is 2.21 bits per heavy atom. The zero-order valence-corrected chi connectivity index (χ0v) is 13.9. The van der Waals surface area contributed by atoms with Crippen LogP contribution in [0.5, 0.6) is 5.75 Å². The second-order valence-electron chi connectivity index (χ2n) is 5.25. The van der Waals surface area contributed by atoms with Crippen LogP contribution in [0, 0.1) is 0 Å². The van der Waals surface area contributed by atoms with E-state index in [2.05, 4.69) is 15.6 Å². The number of benzene rings is 2. The van der Waals surface area contributed by atoms with Crippen LogP contribution >= 0.6 is 0 Å². The van der Waals surface area contributed by atoms with Gasteiger partial charge in [-0.2, -0.15) is 0 Å². The van der Waals surface area contributed by atoms with Gasteiger partial charge in [-0.3, -0.25) is 9.79 Å². The summed E-state index contributed by atoms with van der Waals surface area (Å²) in [5, 5.41) is 5.77. The topological polar surface area (TPSA) is 88.7 Å². The summed E-state index contributed by atoms with van der Waals surface area (Å²) in [6.07, 6.45) is 0.769. The highest BCUT2D eigenvalue weighted by molar-refractivity contribution is 5.92. The molecule has 0 bridgehead atoms. The number of hydrogen-bond acceptors (Lipinski definition) is 3. The molecule has 24 heavy (non-hydrogen) atoms. The zero-order chi connectivity index (χ0) is 17.4. The molecule has 6 heteroatoms. The molecule has 1 amide bonds. The minimum atomic E-state index is -0.0790. The summed E-state index contributed by atoms with van der Waals surface area (Å²) in [6.45, 7) is 2.07. The number of hydrogen-bond donors (Lipinski definition) is 3. The Hall–Kier alpha value is -3.02. The molecule has 0 unspecified atom stereocenters. The molecule has 0 aliphatic carbocycles. The van der Waals surface area contributed by atoms with E-state index in [0.717, 1.165) is 29.1 Å². The quantitative estimate of drug-likeness (QED) is 0.562. The molecule has 0 saturated heterocycles. The molecule has 0 aliphatic rings. The fourth-order valence-corrected chi connectivity index (χ4v) is 2.13. The third-order valence-electron chi connectivity index (χ3n) is 3.32. The van der Waals surface area contributed by atoms with Gasteiger partial charge in [0, 0.05) is 24.8 Å². The number of rotatable bonds is 6. The van der Waals surface area contributed by atoms with E-state index < -0.39 is 0 Å². The predicted octanol–water partition coefficient (Wildman–Crippen LogP) is 2.62. The van der Waals surface area contributed by atoms with Crippen LogP contribution in [0.15, 0.2) is 53.5 Å². The highest BCUT2D eigenvalue weighted by Crippen LogP contribution is 2.14. The number of anilines is 2. The summed E-state index contributed by atoms with van der Waals surface area (Å²) < 4.78 is 5.11. The number of guanidine groups is 1. The number of ether oxygens (including phenoxy) is 1. The minimum absolute atomic E-state index is 0.0790. The molecule has 2 rings (SSSR count). The molecule has 126 valence electrons. The fraction of sp³-hybridized carbons (Fsp3) is 0.222. The molecule has 0 fully saturated rings. The van der Waals surface area contributed by atoms with E-state index >= 15 is 0 Å². The summed E-state index contributed by atoms with van der Waals surface area (Å²) >= 11 is 0. The maximum atomic E-state index is 11.0. The van der Waals surface area contributed by atoms with Crippen molar-refractivity contribution in [3.8, 4) is 5.75 Å². The van der Waals surface area contributed by atoms with Crippen molar-refractivity contribution in [1.29, 1.82) is 0 Å². The first kappa shape index (κ1) is 17.3. The first-order chi connectivity index (χ1) is 11.6. The first-order valence-electron chi connectivity index (χ1n) is 7.64. The number of amides is 1. The average molecular weight is 326 g/mol. The number of nitrogens with two attached hydrogens (primary N) is 1. The van der Waals surface area contributed by atoms with Gasteiger partial charge in [0.2, 0.25) is 5.91 Å². The highest BCUT2D eigenvalue weighted by Gasteiger charge is 1.98. The van der Waals surface area contributed by atoms with Crippen molar-refractivity contribution in [2.24, 2.45) is 10.7 Å². The number of nitrogens with zero attached hydrogens (tertiary/aromatic N) is 1. The van der Waals surface area contributed by atoms with Gasteiger partial charge in [-0.15, -0.1) is 0 Å². The Labute approximate surface area is 141 Å². The van der Waals surface area contributed by atoms with Crippen molar-refractivity contribution in [3.05, 3.63) is 54.1 Å². The summed E-state index contributed by atoms with van der Waals surface area (Å²) in [6, 6.07) is 15.1. The van der Waals surface area contributed by atoms with Crippen molar-refractivity contribution >= 4 is 23.2 Å². The molecule has 0 saturated carbocycles. The summed E-state index contributed by atoms with van der Waals surface area (Å²) in [5.41, 5.74) is 8.65. The lowest BCUT2D eigenvalue weighted by Gasteiger charge is -2.07. The molecule has 0 aromatic heterocycles. The normalized spacial score (nSPS) is 11.0. The maximum Gasteiger partial charge on any atom is 0.221 e. The maximum absolute atomic E-state index is 11.0. The Morgan fingerprint density at radius 2 is 1.62 bits per heavy atom. The van der Waals surface area contributed by atoms with Crippen LogP contribution < -0.4 is 21.1 Å². The van der Waals surface area contributed by atoms with Gasteiger partial charge in [0.05, 0.1) is 7.11 Å². The molecule has 2 aromatic carbocycles.